The summed E-state index contributed by atoms with van der Waals surface area (Å²) in [6.07, 6.45) is -2.55. The summed E-state index contributed by atoms with van der Waals surface area (Å²) in [4.78, 5) is 12.0. The lowest BCUT2D eigenvalue weighted by Gasteiger charge is -2.21. The number of halogens is 4. The van der Waals surface area contributed by atoms with Gasteiger partial charge in [0, 0.05) is 5.02 Å². The summed E-state index contributed by atoms with van der Waals surface area (Å²) >= 11 is 5.85. The standard InChI is InChI=1S/C17H15ClF3N3O3S/c1-28(26,27)24(15-7-3-6-14(18)9-15)11-16(25)23-22-10-12-4-2-5-13(8-12)17(19,20)21/h2-10H,11H2,1H3,(H,23,25)/b22-10-. The molecule has 150 valence electrons. The number of benzene rings is 2. The Morgan fingerprint density at radius 2 is 1.89 bits per heavy atom. The summed E-state index contributed by atoms with van der Waals surface area (Å²) in [5, 5.41) is 3.86. The van der Waals surface area contributed by atoms with Crippen molar-refractivity contribution in [3.8, 4) is 0 Å². The Morgan fingerprint density at radius 3 is 2.50 bits per heavy atom. The largest absolute Gasteiger partial charge is 0.416 e. The second-order valence-corrected chi connectivity index (χ2v) is 8.01. The molecule has 1 amide bonds. The first-order chi connectivity index (χ1) is 13.0. The Morgan fingerprint density at radius 1 is 1.21 bits per heavy atom. The van der Waals surface area contributed by atoms with Crippen molar-refractivity contribution in [1.29, 1.82) is 0 Å². The predicted octanol–water partition coefficient (Wildman–Crippen LogP) is 3.28. The van der Waals surface area contributed by atoms with E-state index in [1.54, 1.807) is 6.07 Å². The average Bonchev–Trinajstić information content (AvgIpc) is 2.58. The Kier molecular flexibility index (Phi) is 6.68. The van der Waals surface area contributed by atoms with Crippen LogP contribution >= 0.6 is 11.6 Å². The van der Waals surface area contributed by atoms with Crippen LogP contribution in [0.15, 0.2) is 53.6 Å². The number of nitrogens with zero attached hydrogens (tertiary/aromatic N) is 2. The molecule has 11 heteroatoms. The minimum Gasteiger partial charge on any atom is -0.271 e. The summed E-state index contributed by atoms with van der Waals surface area (Å²) in [7, 11) is -3.79. The summed E-state index contributed by atoms with van der Waals surface area (Å²) in [5.74, 6) is -0.784. The first kappa shape index (κ1) is 21.7. The summed E-state index contributed by atoms with van der Waals surface area (Å²) < 4.78 is 62.8. The molecule has 2 aromatic carbocycles. The SMILES string of the molecule is CS(=O)(=O)N(CC(=O)N/N=C\c1cccc(C(F)(F)F)c1)c1cccc(Cl)c1. The van der Waals surface area contributed by atoms with Gasteiger partial charge in [-0.1, -0.05) is 29.8 Å². The van der Waals surface area contributed by atoms with E-state index < -0.39 is 34.2 Å². The van der Waals surface area contributed by atoms with Crippen molar-refractivity contribution in [2.24, 2.45) is 5.10 Å². The number of carbonyl (C=O) groups excluding carboxylic acids is 1. The Labute approximate surface area is 164 Å². The Balaban J connectivity index is 2.09. The van der Waals surface area contributed by atoms with E-state index in [-0.39, 0.29) is 16.3 Å². The van der Waals surface area contributed by atoms with E-state index in [2.05, 4.69) is 10.5 Å². The fraction of sp³-hybridized carbons (Fsp3) is 0.176. The zero-order chi connectivity index (χ0) is 20.9. The van der Waals surface area contributed by atoms with Gasteiger partial charge in [-0.15, -0.1) is 0 Å². The van der Waals surface area contributed by atoms with Crippen LogP contribution < -0.4 is 9.73 Å². The number of amides is 1. The number of sulfonamides is 1. The van der Waals surface area contributed by atoms with Crippen molar-refractivity contribution in [1.82, 2.24) is 5.43 Å². The highest BCUT2D eigenvalue weighted by molar-refractivity contribution is 7.92. The van der Waals surface area contributed by atoms with Crippen LogP contribution in [0, 0.1) is 0 Å². The molecule has 0 aliphatic carbocycles. The van der Waals surface area contributed by atoms with E-state index in [1.165, 1.54) is 30.3 Å². The second kappa shape index (κ2) is 8.61. The molecule has 0 bridgehead atoms. The van der Waals surface area contributed by atoms with E-state index in [0.717, 1.165) is 28.9 Å². The number of hydrogen-bond donors (Lipinski definition) is 1. The van der Waals surface area contributed by atoms with Crippen LogP contribution in [-0.2, 0) is 21.0 Å². The molecular weight excluding hydrogens is 419 g/mol. The molecule has 6 nitrogen and oxygen atoms in total. The van der Waals surface area contributed by atoms with E-state index >= 15 is 0 Å². The topological polar surface area (TPSA) is 78.8 Å². The highest BCUT2D eigenvalue weighted by atomic mass is 35.5. The van der Waals surface area contributed by atoms with Crippen molar-refractivity contribution in [2.75, 3.05) is 17.1 Å². The molecule has 2 aromatic rings. The molecule has 0 aliphatic heterocycles. The Hall–Kier alpha value is -2.59. The van der Waals surface area contributed by atoms with Crippen molar-refractivity contribution in [3.05, 3.63) is 64.7 Å². The maximum Gasteiger partial charge on any atom is 0.416 e. The quantitative estimate of drug-likeness (QED) is 0.561. The first-order valence-electron chi connectivity index (χ1n) is 7.69. The van der Waals surface area contributed by atoms with Crippen LogP contribution in [0.25, 0.3) is 0 Å². The van der Waals surface area contributed by atoms with E-state index in [9.17, 15) is 26.4 Å². The maximum atomic E-state index is 12.7. The van der Waals surface area contributed by atoms with Gasteiger partial charge in [-0.05, 0) is 35.9 Å². The molecule has 0 fully saturated rings. The number of alkyl halides is 3. The minimum atomic E-state index is -4.50. The van der Waals surface area contributed by atoms with Crippen LogP contribution in [0.2, 0.25) is 5.02 Å². The van der Waals surface area contributed by atoms with E-state index in [1.807, 2.05) is 0 Å². The fourth-order valence-corrected chi connectivity index (χ4v) is 3.20. The van der Waals surface area contributed by atoms with Gasteiger partial charge in [0.2, 0.25) is 10.0 Å². The average molecular weight is 434 g/mol. The van der Waals surface area contributed by atoms with Gasteiger partial charge in [0.05, 0.1) is 23.7 Å². The summed E-state index contributed by atoms with van der Waals surface area (Å²) in [6, 6.07) is 10.3. The smallest absolute Gasteiger partial charge is 0.271 e. The third-order valence-corrected chi connectivity index (χ3v) is 4.78. The van der Waals surface area contributed by atoms with Crippen molar-refractivity contribution in [2.45, 2.75) is 6.18 Å². The molecule has 0 spiro atoms. The number of anilines is 1. The number of hydrazone groups is 1. The van der Waals surface area contributed by atoms with Crippen molar-refractivity contribution >= 4 is 39.4 Å². The maximum absolute atomic E-state index is 12.7. The van der Waals surface area contributed by atoms with Gasteiger partial charge < -0.3 is 0 Å². The van der Waals surface area contributed by atoms with Gasteiger partial charge in [-0.25, -0.2) is 13.8 Å². The first-order valence-corrected chi connectivity index (χ1v) is 9.92. The third kappa shape index (κ3) is 6.24. The highest BCUT2D eigenvalue weighted by Crippen LogP contribution is 2.29. The number of rotatable bonds is 6. The lowest BCUT2D eigenvalue weighted by molar-refractivity contribution is -0.137. The van der Waals surface area contributed by atoms with Gasteiger partial charge in [0.25, 0.3) is 5.91 Å². The van der Waals surface area contributed by atoms with Crippen LogP contribution in [0.5, 0.6) is 0 Å². The van der Waals surface area contributed by atoms with Crippen LogP contribution in [0.1, 0.15) is 11.1 Å². The summed E-state index contributed by atoms with van der Waals surface area (Å²) in [6.45, 7) is -0.584. The van der Waals surface area contributed by atoms with Gasteiger partial charge >= 0.3 is 6.18 Å². The molecule has 0 atom stereocenters. The lowest BCUT2D eigenvalue weighted by atomic mass is 10.1. The molecule has 28 heavy (non-hydrogen) atoms. The second-order valence-electron chi connectivity index (χ2n) is 5.67. The van der Waals surface area contributed by atoms with Crippen LogP contribution in [0.4, 0.5) is 18.9 Å². The molecule has 0 radical (unpaired) electrons. The monoisotopic (exact) mass is 433 g/mol. The normalized spacial score (nSPS) is 12.2. The molecule has 0 unspecified atom stereocenters. The van der Waals surface area contributed by atoms with E-state index in [4.69, 9.17) is 11.6 Å². The Bertz CT molecular complexity index is 994. The van der Waals surface area contributed by atoms with Crippen LogP contribution in [0.3, 0.4) is 0 Å². The summed E-state index contributed by atoms with van der Waals surface area (Å²) in [5.41, 5.74) is 1.53. The van der Waals surface area contributed by atoms with Crippen molar-refractivity contribution < 1.29 is 26.4 Å². The minimum absolute atomic E-state index is 0.116. The molecular formula is C17H15ClF3N3O3S. The van der Waals surface area contributed by atoms with E-state index in [0.29, 0.717) is 0 Å². The molecule has 1 N–H and O–H groups in total. The van der Waals surface area contributed by atoms with Gasteiger partial charge in [-0.3, -0.25) is 9.10 Å². The molecule has 0 heterocycles. The number of carbonyl (C=O) groups is 1. The third-order valence-electron chi connectivity index (χ3n) is 3.40. The predicted molar refractivity (Wildman–Crippen MR) is 101 cm³/mol. The number of nitrogens with one attached hydrogen (secondary N) is 1. The zero-order valence-corrected chi connectivity index (χ0v) is 16.0. The highest BCUT2D eigenvalue weighted by Gasteiger charge is 2.30. The number of hydrogen-bond acceptors (Lipinski definition) is 4. The molecule has 0 aromatic heterocycles. The zero-order valence-electron chi connectivity index (χ0n) is 14.4. The van der Waals surface area contributed by atoms with Crippen molar-refractivity contribution in [3.63, 3.8) is 0 Å². The molecule has 2 rings (SSSR count). The van der Waals surface area contributed by atoms with Gasteiger partial charge in [-0.2, -0.15) is 18.3 Å². The fourth-order valence-electron chi connectivity index (χ4n) is 2.17. The molecule has 0 aliphatic rings. The van der Waals surface area contributed by atoms with Crippen LogP contribution in [-0.4, -0.2) is 33.3 Å². The van der Waals surface area contributed by atoms with Gasteiger partial charge in [0.15, 0.2) is 0 Å². The molecule has 0 saturated heterocycles. The lowest BCUT2D eigenvalue weighted by Crippen LogP contribution is -2.39. The molecule has 0 saturated carbocycles. The van der Waals surface area contributed by atoms with Gasteiger partial charge in [0.1, 0.15) is 6.54 Å².